The molecule has 8 heteroatoms. The van der Waals surface area contributed by atoms with Crippen LogP contribution in [0.4, 0.5) is 5.69 Å². The van der Waals surface area contributed by atoms with Crippen molar-refractivity contribution in [1.29, 1.82) is 0 Å². The molecule has 2 saturated heterocycles. The van der Waals surface area contributed by atoms with Crippen molar-refractivity contribution in [2.75, 3.05) is 24.5 Å². The van der Waals surface area contributed by atoms with Gasteiger partial charge in [0.05, 0.1) is 18.2 Å². The van der Waals surface area contributed by atoms with Crippen LogP contribution in [0.2, 0.25) is 0 Å². The molecule has 0 spiro atoms. The number of nitrogens with one attached hydrogen (secondary N) is 2. The fourth-order valence-electron chi connectivity index (χ4n) is 4.20. The van der Waals surface area contributed by atoms with E-state index in [0.717, 1.165) is 36.3 Å². The first-order valence-corrected chi connectivity index (χ1v) is 9.93. The largest absolute Gasteiger partial charge is 0.349 e. The Morgan fingerprint density at radius 3 is 2.66 bits per heavy atom. The fourth-order valence-corrected chi connectivity index (χ4v) is 4.20. The second kappa shape index (κ2) is 8.97. The van der Waals surface area contributed by atoms with Gasteiger partial charge in [0.15, 0.2) is 0 Å². The molecule has 4 rings (SSSR count). The minimum absolute atomic E-state index is 0. The van der Waals surface area contributed by atoms with Crippen molar-refractivity contribution in [3.8, 4) is 0 Å². The average Bonchev–Trinajstić information content (AvgIpc) is 3.42. The zero-order valence-electron chi connectivity index (χ0n) is 16.8. The Kier molecular flexibility index (Phi) is 6.59. The van der Waals surface area contributed by atoms with Crippen molar-refractivity contribution in [3.63, 3.8) is 0 Å². The summed E-state index contributed by atoms with van der Waals surface area (Å²) in [6, 6.07) is 7.84. The molecule has 0 radical (unpaired) electrons. The van der Waals surface area contributed by atoms with Crippen molar-refractivity contribution in [2.45, 2.75) is 31.7 Å². The van der Waals surface area contributed by atoms with Gasteiger partial charge in [-0.3, -0.25) is 14.3 Å². The first-order chi connectivity index (χ1) is 13.5. The van der Waals surface area contributed by atoms with Gasteiger partial charge in [0.1, 0.15) is 0 Å². The number of hydrogen-bond acceptors (Lipinski definition) is 4. The molecule has 7 nitrogen and oxygen atoms in total. The van der Waals surface area contributed by atoms with E-state index in [2.05, 4.69) is 15.7 Å². The molecule has 3 atom stereocenters. The summed E-state index contributed by atoms with van der Waals surface area (Å²) >= 11 is 0. The lowest BCUT2D eigenvalue weighted by molar-refractivity contribution is -0.125. The highest BCUT2D eigenvalue weighted by molar-refractivity contribution is 5.95. The molecule has 0 bridgehead atoms. The van der Waals surface area contributed by atoms with Crippen LogP contribution >= 0.6 is 12.4 Å². The van der Waals surface area contributed by atoms with Crippen LogP contribution < -0.4 is 15.5 Å². The molecule has 1 aromatic heterocycles. The molecular formula is C21H28ClN5O2. The maximum atomic E-state index is 12.9. The SMILES string of the molecule is CC(NC(=O)[C@H]1CNC[C@@H]1c1cnn(C)c1)c1ccc(N2CCCC2=O)cc1.Cl. The van der Waals surface area contributed by atoms with Crippen molar-refractivity contribution in [2.24, 2.45) is 13.0 Å². The van der Waals surface area contributed by atoms with Gasteiger partial charge >= 0.3 is 0 Å². The highest BCUT2D eigenvalue weighted by Gasteiger charge is 2.35. The molecule has 156 valence electrons. The van der Waals surface area contributed by atoms with E-state index in [-0.39, 0.29) is 42.1 Å². The fraction of sp³-hybridized carbons (Fsp3) is 0.476. The number of nitrogens with zero attached hydrogens (tertiary/aromatic N) is 3. The number of carbonyl (C=O) groups excluding carboxylic acids is 2. The van der Waals surface area contributed by atoms with Crippen LogP contribution in [0.5, 0.6) is 0 Å². The zero-order chi connectivity index (χ0) is 19.7. The average molecular weight is 418 g/mol. The maximum absolute atomic E-state index is 12.9. The summed E-state index contributed by atoms with van der Waals surface area (Å²) in [6.07, 6.45) is 5.38. The first kappa shape index (κ1) is 21.3. The number of halogens is 1. The molecule has 2 aromatic rings. The lowest BCUT2D eigenvalue weighted by Crippen LogP contribution is -2.36. The normalized spacial score (nSPS) is 22.4. The topological polar surface area (TPSA) is 79.3 Å². The van der Waals surface area contributed by atoms with Crippen molar-refractivity contribution < 1.29 is 9.59 Å². The maximum Gasteiger partial charge on any atom is 0.227 e. The summed E-state index contributed by atoms with van der Waals surface area (Å²) in [6.45, 7) is 4.25. The van der Waals surface area contributed by atoms with E-state index in [1.807, 2.05) is 55.5 Å². The van der Waals surface area contributed by atoms with E-state index in [1.54, 1.807) is 4.68 Å². The van der Waals surface area contributed by atoms with Crippen LogP contribution in [0.25, 0.3) is 0 Å². The van der Waals surface area contributed by atoms with E-state index in [4.69, 9.17) is 0 Å². The quantitative estimate of drug-likeness (QED) is 0.781. The third kappa shape index (κ3) is 4.46. The van der Waals surface area contributed by atoms with Crippen LogP contribution in [0.1, 0.15) is 42.9 Å². The van der Waals surface area contributed by atoms with Crippen molar-refractivity contribution >= 4 is 29.9 Å². The van der Waals surface area contributed by atoms with Crippen molar-refractivity contribution in [3.05, 3.63) is 47.8 Å². The van der Waals surface area contributed by atoms with Gasteiger partial charge in [-0.25, -0.2) is 0 Å². The summed E-state index contributed by atoms with van der Waals surface area (Å²) < 4.78 is 1.78. The number of aryl methyl sites for hydroxylation is 1. The first-order valence-electron chi connectivity index (χ1n) is 9.93. The Hall–Kier alpha value is -2.38. The summed E-state index contributed by atoms with van der Waals surface area (Å²) in [5.74, 6) is 0.284. The van der Waals surface area contributed by atoms with E-state index in [1.165, 1.54) is 0 Å². The van der Waals surface area contributed by atoms with Gasteiger partial charge in [-0.15, -0.1) is 12.4 Å². The van der Waals surface area contributed by atoms with Gasteiger partial charge in [0, 0.05) is 50.9 Å². The van der Waals surface area contributed by atoms with Crippen LogP contribution in [-0.2, 0) is 16.6 Å². The smallest absolute Gasteiger partial charge is 0.227 e. The predicted molar refractivity (Wildman–Crippen MR) is 114 cm³/mol. The Balaban J connectivity index is 0.00000240. The Morgan fingerprint density at radius 2 is 2.03 bits per heavy atom. The number of hydrogen-bond donors (Lipinski definition) is 2. The molecule has 0 saturated carbocycles. The predicted octanol–water partition coefficient (Wildman–Crippen LogP) is 2.15. The highest BCUT2D eigenvalue weighted by Crippen LogP contribution is 2.29. The third-order valence-corrected chi connectivity index (χ3v) is 5.84. The number of amides is 2. The van der Waals surface area contributed by atoms with Crippen molar-refractivity contribution in [1.82, 2.24) is 20.4 Å². The van der Waals surface area contributed by atoms with E-state index < -0.39 is 0 Å². The summed E-state index contributed by atoms with van der Waals surface area (Å²) in [4.78, 5) is 26.6. The third-order valence-electron chi connectivity index (χ3n) is 5.84. The monoisotopic (exact) mass is 417 g/mol. The molecule has 29 heavy (non-hydrogen) atoms. The number of rotatable bonds is 5. The van der Waals surface area contributed by atoms with Gasteiger partial charge in [-0.1, -0.05) is 12.1 Å². The molecule has 0 aliphatic carbocycles. The van der Waals surface area contributed by atoms with Gasteiger partial charge in [-0.05, 0) is 36.6 Å². The lowest BCUT2D eigenvalue weighted by Gasteiger charge is -2.22. The van der Waals surface area contributed by atoms with Crippen LogP contribution in [0.3, 0.4) is 0 Å². The number of benzene rings is 1. The molecule has 2 aliphatic heterocycles. The van der Waals surface area contributed by atoms with Gasteiger partial charge in [-0.2, -0.15) is 5.10 Å². The highest BCUT2D eigenvalue weighted by atomic mass is 35.5. The van der Waals surface area contributed by atoms with Crippen LogP contribution in [0.15, 0.2) is 36.7 Å². The van der Waals surface area contributed by atoms with Gasteiger partial charge in [0.2, 0.25) is 11.8 Å². The molecular weight excluding hydrogens is 390 g/mol. The number of aromatic nitrogens is 2. The Bertz CT molecular complexity index is 866. The second-order valence-electron chi connectivity index (χ2n) is 7.79. The summed E-state index contributed by atoms with van der Waals surface area (Å²) in [7, 11) is 1.89. The molecule has 2 fully saturated rings. The summed E-state index contributed by atoms with van der Waals surface area (Å²) in [5.41, 5.74) is 3.06. The lowest BCUT2D eigenvalue weighted by atomic mass is 9.90. The van der Waals surface area contributed by atoms with E-state index >= 15 is 0 Å². The number of anilines is 1. The molecule has 3 heterocycles. The van der Waals surface area contributed by atoms with Crippen LogP contribution in [-0.4, -0.2) is 41.2 Å². The van der Waals surface area contributed by atoms with E-state index in [0.29, 0.717) is 13.0 Å². The summed E-state index contributed by atoms with van der Waals surface area (Å²) in [5, 5.41) is 10.7. The second-order valence-corrected chi connectivity index (χ2v) is 7.79. The molecule has 2 N–H and O–H groups in total. The zero-order valence-corrected chi connectivity index (χ0v) is 17.6. The minimum atomic E-state index is -0.104. The molecule has 1 aromatic carbocycles. The van der Waals surface area contributed by atoms with Gasteiger partial charge < -0.3 is 15.5 Å². The minimum Gasteiger partial charge on any atom is -0.349 e. The van der Waals surface area contributed by atoms with E-state index in [9.17, 15) is 9.59 Å². The Morgan fingerprint density at radius 1 is 1.28 bits per heavy atom. The standard InChI is InChI=1S/C21H27N5O2.ClH/c1-14(15-5-7-17(8-6-15)26-9-3-4-20(26)27)24-21(28)19-12-22-11-18(19)16-10-23-25(2)13-16;/h5-8,10,13-14,18-19,22H,3-4,9,11-12H2,1-2H3,(H,24,28);1H/t14?,18-,19+;/m1./s1. The molecule has 2 aliphatic rings. The molecule has 1 unspecified atom stereocenters. The van der Waals surface area contributed by atoms with Gasteiger partial charge in [0.25, 0.3) is 0 Å². The van der Waals surface area contributed by atoms with Crippen LogP contribution in [0, 0.1) is 5.92 Å². The number of carbonyl (C=O) groups is 2. The molecule has 2 amide bonds. The Labute approximate surface area is 177 Å².